The van der Waals surface area contributed by atoms with E-state index in [0.29, 0.717) is 0 Å². The number of carbonyl (C=O) groups excluding carboxylic acids is 1. The summed E-state index contributed by atoms with van der Waals surface area (Å²) < 4.78 is 0. The summed E-state index contributed by atoms with van der Waals surface area (Å²) in [4.78, 5) is 13.2. The van der Waals surface area contributed by atoms with Crippen LogP contribution in [-0.2, 0) is 6.42 Å². The molecule has 0 fully saturated rings. The Morgan fingerprint density at radius 2 is 1.95 bits per heavy atom. The van der Waals surface area contributed by atoms with Crippen LogP contribution in [0.1, 0.15) is 32.8 Å². The lowest BCUT2D eigenvalue weighted by atomic mass is 10.1. The summed E-state index contributed by atoms with van der Waals surface area (Å²) in [6.45, 7) is 4.78. The molecule has 0 bridgehead atoms. The highest BCUT2D eigenvalue weighted by molar-refractivity contribution is 7.10. The topological polar surface area (TPSA) is 29.1 Å². The summed E-state index contributed by atoms with van der Waals surface area (Å²) >= 11 is 1.63. The zero-order valence-corrected chi connectivity index (χ0v) is 12.2. The van der Waals surface area contributed by atoms with Crippen LogP contribution >= 0.6 is 11.3 Å². The van der Waals surface area contributed by atoms with Gasteiger partial charge in [-0.2, -0.15) is 0 Å². The second-order valence-electron chi connectivity index (χ2n) is 4.68. The van der Waals surface area contributed by atoms with E-state index in [2.05, 4.69) is 17.4 Å². The third kappa shape index (κ3) is 3.67. The molecule has 0 radical (unpaired) electrons. The van der Waals surface area contributed by atoms with E-state index in [-0.39, 0.29) is 5.91 Å². The van der Waals surface area contributed by atoms with E-state index < -0.39 is 0 Å². The Hall–Kier alpha value is -1.61. The first-order chi connectivity index (χ1) is 9.18. The van der Waals surface area contributed by atoms with Crippen LogP contribution in [0.3, 0.4) is 0 Å². The molecule has 2 rings (SSSR count). The number of rotatable bonds is 5. The Morgan fingerprint density at radius 1 is 1.21 bits per heavy atom. The molecule has 19 heavy (non-hydrogen) atoms. The summed E-state index contributed by atoms with van der Waals surface area (Å²) in [6, 6.07) is 10.4. The Labute approximate surface area is 118 Å². The number of hydrogen-bond acceptors (Lipinski definition) is 2. The standard InChI is InChI=1S/C16H19NOS/c1-12-13(2)19-11-15(12)16(18)17-10-6-9-14-7-4-3-5-8-14/h3-5,7-8,11H,6,9-10H2,1-2H3,(H,17,18). The van der Waals surface area contributed by atoms with Gasteiger partial charge in [0.2, 0.25) is 0 Å². The van der Waals surface area contributed by atoms with Gasteiger partial charge >= 0.3 is 0 Å². The predicted molar refractivity (Wildman–Crippen MR) is 80.9 cm³/mol. The number of carbonyl (C=O) groups is 1. The van der Waals surface area contributed by atoms with E-state index in [1.807, 2.05) is 37.4 Å². The van der Waals surface area contributed by atoms with Crippen LogP contribution in [0.5, 0.6) is 0 Å². The van der Waals surface area contributed by atoms with E-state index in [9.17, 15) is 4.79 Å². The second-order valence-corrected chi connectivity index (χ2v) is 5.76. The first-order valence-corrected chi connectivity index (χ1v) is 7.43. The van der Waals surface area contributed by atoms with Crippen LogP contribution in [0.15, 0.2) is 35.7 Å². The maximum atomic E-state index is 12.0. The summed E-state index contributed by atoms with van der Waals surface area (Å²) in [5, 5.41) is 4.93. The molecule has 0 unspecified atom stereocenters. The number of nitrogens with one attached hydrogen (secondary N) is 1. The van der Waals surface area contributed by atoms with Gasteiger partial charge in [0.1, 0.15) is 0 Å². The Kier molecular flexibility index (Phi) is 4.74. The van der Waals surface area contributed by atoms with E-state index >= 15 is 0 Å². The first-order valence-electron chi connectivity index (χ1n) is 6.55. The van der Waals surface area contributed by atoms with Gasteiger partial charge in [-0.15, -0.1) is 11.3 Å². The third-order valence-electron chi connectivity index (χ3n) is 3.30. The molecular weight excluding hydrogens is 254 g/mol. The summed E-state index contributed by atoms with van der Waals surface area (Å²) in [6.07, 6.45) is 1.97. The molecule has 1 aromatic carbocycles. The van der Waals surface area contributed by atoms with Gasteiger partial charge < -0.3 is 5.32 Å². The molecule has 1 heterocycles. The van der Waals surface area contributed by atoms with Crippen LogP contribution in [0.2, 0.25) is 0 Å². The molecule has 0 aliphatic heterocycles. The third-order valence-corrected chi connectivity index (χ3v) is 4.31. The fourth-order valence-electron chi connectivity index (χ4n) is 1.97. The van der Waals surface area contributed by atoms with Crippen molar-refractivity contribution in [3.05, 3.63) is 57.3 Å². The molecule has 0 spiro atoms. The molecule has 0 saturated heterocycles. The highest BCUT2D eigenvalue weighted by atomic mass is 32.1. The van der Waals surface area contributed by atoms with Crippen LogP contribution in [0.4, 0.5) is 0 Å². The lowest BCUT2D eigenvalue weighted by molar-refractivity contribution is 0.0953. The highest BCUT2D eigenvalue weighted by Gasteiger charge is 2.11. The quantitative estimate of drug-likeness (QED) is 0.826. The number of thiophene rings is 1. The van der Waals surface area contributed by atoms with Gasteiger partial charge in [-0.05, 0) is 37.8 Å². The van der Waals surface area contributed by atoms with Gasteiger partial charge in [0.05, 0.1) is 5.56 Å². The molecule has 1 aromatic heterocycles. The lowest BCUT2D eigenvalue weighted by Crippen LogP contribution is -2.25. The van der Waals surface area contributed by atoms with Crippen molar-refractivity contribution in [1.82, 2.24) is 5.32 Å². The molecular formula is C16H19NOS. The van der Waals surface area contributed by atoms with Crippen molar-refractivity contribution in [2.75, 3.05) is 6.54 Å². The van der Waals surface area contributed by atoms with Crippen molar-refractivity contribution >= 4 is 17.2 Å². The average Bonchev–Trinajstić information content (AvgIpc) is 2.76. The van der Waals surface area contributed by atoms with Crippen molar-refractivity contribution in [3.63, 3.8) is 0 Å². The fourth-order valence-corrected chi connectivity index (χ4v) is 2.84. The van der Waals surface area contributed by atoms with Crippen LogP contribution in [-0.4, -0.2) is 12.5 Å². The van der Waals surface area contributed by atoms with Crippen LogP contribution in [0.25, 0.3) is 0 Å². The molecule has 100 valence electrons. The van der Waals surface area contributed by atoms with Gasteiger partial charge in [-0.3, -0.25) is 4.79 Å². The van der Waals surface area contributed by atoms with Crippen molar-refractivity contribution < 1.29 is 4.79 Å². The summed E-state index contributed by atoms with van der Waals surface area (Å²) in [5.41, 5.74) is 3.24. The van der Waals surface area contributed by atoms with Crippen LogP contribution in [0, 0.1) is 13.8 Å². The largest absolute Gasteiger partial charge is 0.352 e. The fraction of sp³-hybridized carbons (Fsp3) is 0.312. The minimum atomic E-state index is 0.0508. The van der Waals surface area contributed by atoms with Crippen molar-refractivity contribution in [2.24, 2.45) is 0 Å². The molecule has 1 amide bonds. The molecule has 3 heteroatoms. The van der Waals surface area contributed by atoms with E-state index in [4.69, 9.17) is 0 Å². The summed E-state index contributed by atoms with van der Waals surface area (Å²) in [7, 11) is 0. The number of hydrogen-bond donors (Lipinski definition) is 1. The van der Waals surface area contributed by atoms with Gasteiger partial charge in [0, 0.05) is 16.8 Å². The predicted octanol–water partition coefficient (Wildman–Crippen LogP) is 3.73. The smallest absolute Gasteiger partial charge is 0.252 e. The molecule has 0 atom stereocenters. The van der Waals surface area contributed by atoms with Crippen molar-refractivity contribution in [2.45, 2.75) is 26.7 Å². The average molecular weight is 273 g/mol. The number of aryl methyl sites for hydroxylation is 2. The maximum Gasteiger partial charge on any atom is 0.252 e. The van der Waals surface area contributed by atoms with Gasteiger partial charge in [-0.1, -0.05) is 30.3 Å². The van der Waals surface area contributed by atoms with Gasteiger partial charge in [-0.25, -0.2) is 0 Å². The van der Waals surface area contributed by atoms with Crippen LogP contribution < -0.4 is 5.32 Å². The Morgan fingerprint density at radius 3 is 2.58 bits per heavy atom. The number of amides is 1. The Bertz CT molecular complexity index is 545. The maximum absolute atomic E-state index is 12.0. The molecule has 0 aliphatic rings. The van der Waals surface area contributed by atoms with E-state index in [0.717, 1.165) is 30.5 Å². The van der Waals surface area contributed by atoms with E-state index in [1.54, 1.807) is 11.3 Å². The number of benzene rings is 1. The highest BCUT2D eigenvalue weighted by Crippen LogP contribution is 2.20. The molecule has 1 N–H and O–H groups in total. The van der Waals surface area contributed by atoms with Crippen molar-refractivity contribution in [3.8, 4) is 0 Å². The molecule has 2 aromatic rings. The lowest BCUT2D eigenvalue weighted by Gasteiger charge is -2.05. The van der Waals surface area contributed by atoms with E-state index in [1.165, 1.54) is 10.4 Å². The first kappa shape index (κ1) is 13.8. The molecule has 0 aliphatic carbocycles. The molecule has 0 saturated carbocycles. The van der Waals surface area contributed by atoms with Gasteiger partial charge in [0.25, 0.3) is 5.91 Å². The zero-order valence-electron chi connectivity index (χ0n) is 11.4. The monoisotopic (exact) mass is 273 g/mol. The second kappa shape index (κ2) is 6.53. The SMILES string of the molecule is Cc1scc(C(=O)NCCCc2ccccc2)c1C. The van der Waals surface area contributed by atoms with Gasteiger partial charge in [0.15, 0.2) is 0 Å². The van der Waals surface area contributed by atoms with Crippen molar-refractivity contribution in [1.29, 1.82) is 0 Å². The Balaban J connectivity index is 1.77. The normalized spacial score (nSPS) is 10.4. The molecule has 2 nitrogen and oxygen atoms in total. The minimum Gasteiger partial charge on any atom is -0.352 e. The summed E-state index contributed by atoms with van der Waals surface area (Å²) in [5.74, 6) is 0.0508. The zero-order chi connectivity index (χ0) is 13.7. The minimum absolute atomic E-state index is 0.0508.